The molecule has 0 unspecified atom stereocenters. The van der Waals surface area contributed by atoms with Crippen LogP contribution in [0, 0.1) is 0 Å². The van der Waals surface area contributed by atoms with E-state index in [2.05, 4.69) is 15.4 Å². The Morgan fingerprint density at radius 2 is 0.727 bits per heavy atom. The largest absolute Gasteiger partial charge is 3.00 e. The van der Waals surface area contributed by atoms with Crippen molar-refractivity contribution in [3.63, 3.8) is 0 Å². The molecule has 0 saturated heterocycles. The predicted molar refractivity (Wildman–Crippen MR) is 59.3 cm³/mol. The Kier molecular flexibility index (Phi) is 23.9. The van der Waals surface area contributed by atoms with E-state index in [4.69, 9.17) is 52.6 Å². The second-order valence-electron chi connectivity index (χ2n) is 1.88. The van der Waals surface area contributed by atoms with Gasteiger partial charge in [-0.1, -0.05) is 0 Å². The SMILES string of the molecule is O=S(=O)([O-])[O-].O=S(=O)([O-])[O-].O=S(=O)([O-])[O-].[Al+3].[Al+3].c1cn[nH]n1. The van der Waals surface area contributed by atoms with Gasteiger partial charge in [0.2, 0.25) is 0 Å². The summed E-state index contributed by atoms with van der Waals surface area (Å²) >= 11 is 0. The van der Waals surface area contributed by atoms with Crippen molar-refractivity contribution in [2.24, 2.45) is 0 Å². The number of hydrogen-bond acceptors (Lipinski definition) is 14. The van der Waals surface area contributed by atoms with Crippen molar-refractivity contribution in [3.8, 4) is 0 Å². The molecule has 0 radical (unpaired) electrons. The standard InChI is InChI=1S/C2H3N3.2Al.3H2O4S/c1-2-4-5-3-1;;;3*1-5(2,3)4/h1-2H,(H,3,4,5);;;3*(H2,1,2,3,4)/q;2*+3;;;/p-6. The predicted octanol–water partition coefficient (Wildman–Crippen LogP) is -4.97. The Bertz CT molecular complexity index is 509. The molecule has 0 saturated carbocycles. The Balaban J connectivity index is -0.0000000567. The molecule has 1 rings (SSSR count). The van der Waals surface area contributed by atoms with Crippen molar-refractivity contribution in [2.45, 2.75) is 0 Å². The summed E-state index contributed by atoms with van der Waals surface area (Å²) in [6, 6.07) is 0. The molecule has 0 bridgehead atoms. The van der Waals surface area contributed by atoms with Gasteiger partial charge < -0.3 is 27.3 Å². The molecule has 1 aromatic heterocycles. The number of aromatic amines is 1. The first-order valence-electron chi connectivity index (χ1n) is 3.30. The molecule has 0 aromatic carbocycles. The minimum atomic E-state index is -5.17. The van der Waals surface area contributed by atoms with Gasteiger partial charge >= 0.3 is 34.7 Å². The quantitative estimate of drug-likeness (QED) is 0.237. The minimum Gasteiger partial charge on any atom is -0.759 e. The Labute approximate surface area is 146 Å². The molecule has 122 valence electrons. The molecule has 20 heteroatoms. The van der Waals surface area contributed by atoms with Crippen LogP contribution in [0.2, 0.25) is 0 Å². The fourth-order valence-electron chi connectivity index (χ4n) is 0.167. The van der Waals surface area contributed by atoms with E-state index in [1.165, 1.54) is 0 Å². The summed E-state index contributed by atoms with van der Waals surface area (Å²) in [6.45, 7) is 0. The van der Waals surface area contributed by atoms with Crippen LogP contribution in [0.5, 0.6) is 0 Å². The molecule has 22 heavy (non-hydrogen) atoms. The zero-order valence-corrected chi connectivity index (χ0v) is 14.6. The summed E-state index contributed by atoms with van der Waals surface area (Å²) in [4.78, 5) is 0. The number of aromatic nitrogens is 3. The van der Waals surface area contributed by atoms with Crippen LogP contribution in [0.4, 0.5) is 0 Å². The molecule has 0 aliphatic carbocycles. The van der Waals surface area contributed by atoms with Crippen LogP contribution < -0.4 is 0 Å². The van der Waals surface area contributed by atoms with Crippen LogP contribution in [0.3, 0.4) is 0 Å². The van der Waals surface area contributed by atoms with Gasteiger partial charge in [0.1, 0.15) is 0 Å². The van der Waals surface area contributed by atoms with E-state index in [-0.39, 0.29) is 34.7 Å². The van der Waals surface area contributed by atoms with Crippen LogP contribution in [-0.2, 0) is 31.2 Å². The summed E-state index contributed by atoms with van der Waals surface area (Å²) in [5.74, 6) is 0. The van der Waals surface area contributed by atoms with Gasteiger partial charge in [-0.25, -0.2) is 0 Å². The van der Waals surface area contributed by atoms with Gasteiger partial charge in [0, 0.05) is 31.2 Å². The van der Waals surface area contributed by atoms with Gasteiger partial charge in [0.05, 0.1) is 12.4 Å². The zero-order chi connectivity index (χ0) is 17.0. The van der Waals surface area contributed by atoms with Crippen LogP contribution in [-0.4, -0.2) is 103 Å². The minimum absolute atomic E-state index is 0. The smallest absolute Gasteiger partial charge is 0.759 e. The number of nitrogens with zero attached hydrogens (tertiary/aromatic N) is 2. The first-order chi connectivity index (χ1) is 8.50. The number of rotatable bonds is 0. The van der Waals surface area contributed by atoms with Gasteiger partial charge in [-0.15, -0.1) is 0 Å². The van der Waals surface area contributed by atoms with E-state index in [0.29, 0.717) is 0 Å². The van der Waals surface area contributed by atoms with Gasteiger partial charge in [-0.3, -0.25) is 25.3 Å². The molecule has 0 aliphatic rings. The van der Waals surface area contributed by atoms with Crippen molar-refractivity contribution in [3.05, 3.63) is 12.4 Å². The maximum atomic E-state index is 8.52. The van der Waals surface area contributed by atoms with Crippen molar-refractivity contribution < 1.29 is 52.6 Å². The van der Waals surface area contributed by atoms with E-state index in [1.54, 1.807) is 12.4 Å². The molecular formula is C2H3Al2N3O12S3. The summed E-state index contributed by atoms with van der Waals surface area (Å²) in [5, 5.41) is 9.33. The fourth-order valence-corrected chi connectivity index (χ4v) is 0.167. The van der Waals surface area contributed by atoms with E-state index >= 15 is 0 Å². The molecule has 0 fully saturated rings. The first-order valence-corrected chi connectivity index (χ1v) is 7.30. The average Bonchev–Trinajstić information content (AvgIpc) is 2.45. The first kappa shape index (κ1) is 33.4. The van der Waals surface area contributed by atoms with Crippen LogP contribution in [0.1, 0.15) is 0 Å². The van der Waals surface area contributed by atoms with E-state index in [1.807, 2.05) is 0 Å². The maximum Gasteiger partial charge on any atom is 3.00 e. The Morgan fingerprint density at radius 3 is 0.773 bits per heavy atom. The van der Waals surface area contributed by atoms with Gasteiger partial charge in [-0.05, 0) is 0 Å². The molecule has 1 aromatic rings. The Hall–Kier alpha value is -0.185. The second kappa shape index (κ2) is 15.7. The summed E-state index contributed by atoms with van der Waals surface area (Å²) in [6.07, 6.45) is 3.17. The van der Waals surface area contributed by atoms with Crippen molar-refractivity contribution >= 4 is 65.9 Å². The van der Waals surface area contributed by atoms with Crippen molar-refractivity contribution in [1.29, 1.82) is 0 Å². The van der Waals surface area contributed by atoms with E-state index < -0.39 is 31.2 Å². The van der Waals surface area contributed by atoms with Crippen molar-refractivity contribution in [2.75, 3.05) is 0 Å². The van der Waals surface area contributed by atoms with E-state index in [9.17, 15) is 0 Å². The number of nitrogens with one attached hydrogen (secondary N) is 1. The summed E-state index contributed by atoms with van der Waals surface area (Å²) in [5.41, 5.74) is 0. The summed E-state index contributed by atoms with van der Waals surface area (Å²) in [7, 11) is -15.5. The van der Waals surface area contributed by atoms with Crippen LogP contribution >= 0.6 is 0 Å². The molecule has 15 nitrogen and oxygen atoms in total. The van der Waals surface area contributed by atoms with Gasteiger partial charge in [0.15, 0.2) is 0 Å². The normalized spacial score (nSPS) is 9.73. The van der Waals surface area contributed by atoms with E-state index in [0.717, 1.165) is 0 Å². The maximum absolute atomic E-state index is 8.52. The average molecular weight is 411 g/mol. The number of H-pyrrole nitrogens is 1. The zero-order valence-electron chi connectivity index (χ0n) is 9.83. The molecule has 1 N–H and O–H groups in total. The second-order valence-corrected chi connectivity index (χ2v) is 4.33. The molecule has 1 heterocycles. The Morgan fingerprint density at radius 1 is 0.591 bits per heavy atom. The molecular weight excluding hydrogens is 408 g/mol. The van der Waals surface area contributed by atoms with Gasteiger partial charge in [0.25, 0.3) is 0 Å². The molecule has 0 amide bonds. The van der Waals surface area contributed by atoms with Crippen LogP contribution in [0.15, 0.2) is 12.4 Å². The third-order valence-electron chi connectivity index (χ3n) is 0.331. The monoisotopic (exact) mass is 411 g/mol. The fraction of sp³-hybridized carbons (Fsp3) is 0. The number of hydrogen-bond donors (Lipinski definition) is 1. The topological polar surface area (TPSA) is 282 Å². The molecule has 0 atom stereocenters. The van der Waals surface area contributed by atoms with Crippen molar-refractivity contribution in [1.82, 2.24) is 15.4 Å². The van der Waals surface area contributed by atoms with Gasteiger partial charge in [-0.2, -0.15) is 15.4 Å². The third kappa shape index (κ3) is 303. The molecule has 0 aliphatic heterocycles. The van der Waals surface area contributed by atoms with Crippen LogP contribution in [0.25, 0.3) is 0 Å². The third-order valence-corrected chi connectivity index (χ3v) is 0.331. The molecule has 0 spiro atoms. The summed E-state index contributed by atoms with van der Waals surface area (Å²) < 4.78 is 102.